The predicted molar refractivity (Wildman–Crippen MR) is 93.8 cm³/mol. The van der Waals surface area contributed by atoms with Gasteiger partial charge in [-0.1, -0.05) is 0 Å². The van der Waals surface area contributed by atoms with Gasteiger partial charge in [0.2, 0.25) is 5.91 Å². The maximum atomic E-state index is 14.3. The Hall–Kier alpha value is -3.22. The number of amides is 1. The number of halogens is 1. The molecule has 3 rings (SSSR count). The molecule has 0 unspecified atom stereocenters. The van der Waals surface area contributed by atoms with Gasteiger partial charge in [-0.3, -0.25) is 9.48 Å². The SMILES string of the molecule is CCn1nccc1C=CC(=O)Nc1ccc(-n2ccnc2C)c(F)c1. The highest BCUT2D eigenvalue weighted by Gasteiger charge is 2.09. The zero-order chi connectivity index (χ0) is 17.8. The van der Waals surface area contributed by atoms with Crippen molar-refractivity contribution in [1.29, 1.82) is 0 Å². The van der Waals surface area contributed by atoms with Crippen LogP contribution in [-0.2, 0) is 11.3 Å². The second kappa shape index (κ2) is 7.12. The van der Waals surface area contributed by atoms with Gasteiger partial charge in [0.05, 0.1) is 11.4 Å². The zero-order valence-corrected chi connectivity index (χ0v) is 14.0. The van der Waals surface area contributed by atoms with E-state index in [-0.39, 0.29) is 5.91 Å². The standard InChI is InChI=1S/C18H18FN5O/c1-3-24-15(8-9-21-24)5-7-18(25)22-14-4-6-17(16(19)12-14)23-11-10-20-13(23)2/h4-12H,3H2,1-2H3,(H,22,25). The average Bonchev–Trinajstić information content (AvgIpc) is 3.21. The molecule has 1 amide bonds. The number of aryl methyl sites for hydroxylation is 2. The lowest BCUT2D eigenvalue weighted by Gasteiger charge is -2.09. The van der Waals surface area contributed by atoms with E-state index in [1.165, 1.54) is 12.1 Å². The summed E-state index contributed by atoms with van der Waals surface area (Å²) in [5, 5.41) is 6.78. The fourth-order valence-corrected chi connectivity index (χ4v) is 2.51. The second-order valence-corrected chi connectivity index (χ2v) is 5.41. The Morgan fingerprint density at radius 1 is 1.32 bits per heavy atom. The first-order valence-corrected chi connectivity index (χ1v) is 7.89. The van der Waals surface area contributed by atoms with Gasteiger partial charge in [0, 0.05) is 36.9 Å². The molecule has 0 saturated heterocycles. The van der Waals surface area contributed by atoms with Gasteiger partial charge in [0.15, 0.2) is 0 Å². The average molecular weight is 339 g/mol. The minimum Gasteiger partial charge on any atom is -0.322 e. The van der Waals surface area contributed by atoms with E-state index >= 15 is 0 Å². The third-order valence-corrected chi connectivity index (χ3v) is 3.75. The van der Waals surface area contributed by atoms with Crippen LogP contribution in [0.25, 0.3) is 11.8 Å². The predicted octanol–water partition coefficient (Wildman–Crippen LogP) is 3.19. The number of nitrogens with zero attached hydrogens (tertiary/aromatic N) is 4. The van der Waals surface area contributed by atoms with Crippen LogP contribution in [0.2, 0.25) is 0 Å². The quantitative estimate of drug-likeness (QED) is 0.726. The molecule has 3 aromatic rings. The number of carbonyl (C=O) groups excluding carboxylic acids is 1. The molecule has 25 heavy (non-hydrogen) atoms. The minimum atomic E-state index is -0.438. The van der Waals surface area contributed by atoms with Gasteiger partial charge in [-0.2, -0.15) is 5.10 Å². The molecule has 2 aromatic heterocycles. The fraction of sp³-hybridized carbons (Fsp3) is 0.167. The molecule has 0 aliphatic carbocycles. The van der Waals surface area contributed by atoms with Crippen molar-refractivity contribution >= 4 is 17.7 Å². The first-order valence-electron chi connectivity index (χ1n) is 7.89. The Labute approximate surface area is 144 Å². The first-order chi connectivity index (χ1) is 12.1. The molecule has 1 N–H and O–H groups in total. The van der Waals surface area contributed by atoms with Gasteiger partial charge in [-0.05, 0) is 44.2 Å². The van der Waals surface area contributed by atoms with E-state index in [1.54, 1.807) is 53.0 Å². The number of imidazole rings is 1. The van der Waals surface area contributed by atoms with Crippen molar-refractivity contribution < 1.29 is 9.18 Å². The topological polar surface area (TPSA) is 64.7 Å². The molecule has 1 aromatic carbocycles. The normalized spacial score (nSPS) is 11.2. The number of anilines is 1. The van der Waals surface area contributed by atoms with E-state index in [0.29, 0.717) is 23.7 Å². The summed E-state index contributed by atoms with van der Waals surface area (Å²) >= 11 is 0. The number of hydrogen-bond donors (Lipinski definition) is 1. The molecule has 0 fully saturated rings. The second-order valence-electron chi connectivity index (χ2n) is 5.41. The summed E-state index contributed by atoms with van der Waals surface area (Å²) in [7, 11) is 0. The molecule has 128 valence electrons. The Morgan fingerprint density at radius 2 is 2.16 bits per heavy atom. The van der Waals surface area contributed by atoms with Gasteiger partial charge < -0.3 is 9.88 Å². The summed E-state index contributed by atoms with van der Waals surface area (Å²) in [6.45, 7) is 4.48. The van der Waals surface area contributed by atoms with Gasteiger partial charge in [-0.25, -0.2) is 9.37 Å². The van der Waals surface area contributed by atoms with Crippen LogP contribution < -0.4 is 5.32 Å². The molecule has 0 atom stereocenters. The lowest BCUT2D eigenvalue weighted by Crippen LogP contribution is -2.09. The molecular weight excluding hydrogens is 321 g/mol. The van der Waals surface area contributed by atoms with Crippen LogP contribution in [-0.4, -0.2) is 25.2 Å². The van der Waals surface area contributed by atoms with E-state index in [2.05, 4.69) is 15.4 Å². The molecule has 0 bridgehead atoms. The van der Waals surface area contributed by atoms with Gasteiger partial charge in [-0.15, -0.1) is 0 Å². The van der Waals surface area contributed by atoms with Crippen LogP contribution in [0.1, 0.15) is 18.4 Å². The van der Waals surface area contributed by atoms with E-state index in [0.717, 1.165) is 5.69 Å². The number of carbonyl (C=O) groups is 1. The fourth-order valence-electron chi connectivity index (χ4n) is 2.51. The van der Waals surface area contributed by atoms with Crippen molar-refractivity contribution in [2.45, 2.75) is 20.4 Å². The smallest absolute Gasteiger partial charge is 0.248 e. The monoisotopic (exact) mass is 339 g/mol. The maximum absolute atomic E-state index is 14.3. The van der Waals surface area contributed by atoms with Crippen LogP contribution in [0.5, 0.6) is 0 Å². The lowest BCUT2D eigenvalue weighted by atomic mass is 10.2. The molecular formula is C18H18FN5O. The third kappa shape index (κ3) is 3.65. The highest BCUT2D eigenvalue weighted by Crippen LogP contribution is 2.19. The number of hydrogen-bond acceptors (Lipinski definition) is 3. The summed E-state index contributed by atoms with van der Waals surface area (Å²) in [6, 6.07) is 6.36. The van der Waals surface area contributed by atoms with E-state index in [1.807, 2.05) is 13.0 Å². The number of benzene rings is 1. The molecule has 0 saturated carbocycles. The van der Waals surface area contributed by atoms with Crippen LogP contribution in [0.4, 0.5) is 10.1 Å². The number of aromatic nitrogens is 4. The Morgan fingerprint density at radius 3 is 2.84 bits per heavy atom. The van der Waals surface area contributed by atoms with Crippen LogP contribution in [0.15, 0.2) is 48.9 Å². The van der Waals surface area contributed by atoms with Crippen molar-refractivity contribution in [1.82, 2.24) is 19.3 Å². The molecule has 0 aliphatic rings. The summed E-state index contributed by atoms with van der Waals surface area (Å²) in [5.74, 6) is -0.0899. The minimum absolute atomic E-state index is 0.338. The van der Waals surface area contributed by atoms with Crippen LogP contribution >= 0.6 is 0 Å². The molecule has 0 aliphatic heterocycles. The largest absolute Gasteiger partial charge is 0.322 e. The van der Waals surface area contributed by atoms with Crippen molar-refractivity contribution in [2.75, 3.05) is 5.32 Å². The number of rotatable bonds is 5. The van der Waals surface area contributed by atoms with Crippen molar-refractivity contribution in [3.63, 3.8) is 0 Å². The highest BCUT2D eigenvalue weighted by molar-refractivity contribution is 6.01. The Bertz CT molecular complexity index is 925. The molecule has 6 nitrogen and oxygen atoms in total. The highest BCUT2D eigenvalue weighted by atomic mass is 19.1. The Balaban J connectivity index is 1.72. The van der Waals surface area contributed by atoms with Crippen molar-refractivity contribution in [2.24, 2.45) is 0 Å². The summed E-state index contributed by atoms with van der Waals surface area (Å²) in [4.78, 5) is 16.1. The molecule has 0 spiro atoms. The third-order valence-electron chi connectivity index (χ3n) is 3.75. The molecule has 7 heteroatoms. The van der Waals surface area contributed by atoms with E-state index in [9.17, 15) is 9.18 Å². The molecule has 0 radical (unpaired) electrons. The summed E-state index contributed by atoms with van der Waals surface area (Å²) in [6.07, 6.45) is 8.04. The van der Waals surface area contributed by atoms with Crippen molar-refractivity contribution in [3.8, 4) is 5.69 Å². The summed E-state index contributed by atoms with van der Waals surface area (Å²) in [5.41, 5.74) is 1.60. The van der Waals surface area contributed by atoms with E-state index in [4.69, 9.17) is 0 Å². The summed E-state index contributed by atoms with van der Waals surface area (Å²) < 4.78 is 17.7. The number of nitrogens with one attached hydrogen (secondary N) is 1. The maximum Gasteiger partial charge on any atom is 0.248 e. The zero-order valence-electron chi connectivity index (χ0n) is 14.0. The van der Waals surface area contributed by atoms with Gasteiger partial charge in [0.1, 0.15) is 11.6 Å². The van der Waals surface area contributed by atoms with Crippen LogP contribution in [0.3, 0.4) is 0 Å². The van der Waals surface area contributed by atoms with Gasteiger partial charge >= 0.3 is 0 Å². The van der Waals surface area contributed by atoms with Gasteiger partial charge in [0.25, 0.3) is 0 Å². The first kappa shape index (κ1) is 16.6. The molecule has 2 heterocycles. The Kier molecular flexibility index (Phi) is 4.74. The van der Waals surface area contributed by atoms with Crippen LogP contribution in [0, 0.1) is 12.7 Å². The lowest BCUT2D eigenvalue weighted by molar-refractivity contribution is -0.111. The van der Waals surface area contributed by atoms with Crippen molar-refractivity contribution in [3.05, 3.63) is 66.3 Å². The van der Waals surface area contributed by atoms with E-state index < -0.39 is 5.82 Å².